The number of rotatable bonds is 7. The molecule has 7 heteroatoms. The van der Waals surface area contributed by atoms with E-state index in [1.54, 1.807) is 24.8 Å². The van der Waals surface area contributed by atoms with E-state index < -0.39 is 5.92 Å². The van der Waals surface area contributed by atoms with Crippen LogP contribution < -0.4 is 10.5 Å². The molecule has 22 heavy (non-hydrogen) atoms. The fraction of sp³-hybridized carbons (Fsp3) is 0.267. The predicted molar refractivity (Wildman–Crippen MR) is 84.5 cm³/mol. The summed E-state index contributed by atoms with van der Waals surface area (Å²) in [6.45, 7) is 0.541. The molecular formula is C15H18N6O. The highest BCUT2D eigenvalue weighted by Crippen LogP contribution is 2.13. The zero-order chi connectivity index (χ0) is 15.8. The van der Waals surface area contributed by atoms with E-state index in [0.717, 1.165) is 12.0 Å². The second kappa shape index (κ2) is 7.82. The zero-order valence-electron chi connectivity index (χ0n) is 12.3. The number of nitrogens with two attached hydrogens (primary N) is 1. The molecule has 0 radical (unpaired) electrons. The van der Waals surface area contributed by atoms with Crippen molar-refractivity contribution in [3.63, 3.8) is 0 Å². The maximum Gasteiger partial charge on any atom is 0.316 e. The topological polar surface area (TPSA) is 110 Å². The van der Waals surface area contributed by atoms with Gasteiger partial charge in [-0.15, -0.1) is 0 Å². The van der Waals surface area contributed by atoms with E-state index in [1.165, 1.54) is 13.3 Å². The molecule has 0 aliphatic heterocycles. The SMILES string of the molecule is COc1ncc(C(C=N)C(N)=NCCc2cccnc2)cn1. The number of aromatic nitrogens is 3. The van der Waals surface area contributed by atoms with Crippen LogP contribution in [0.25, 0.3) is 0 Å². The molecule has 0 amide bonds. The number of pyridine rings is 1. The first-order valence-electron chi connectivity index (χ1n) is 6.80. The van der Waals surface area contributed by atoms with Crippen LogP contribution in [0.5, 0.6) is 6.01 Å². The molecule has 114 valence electrons. The van der Waals surface area contributed by atoms with Gasteiger partial charge in [-0.1, -0.05) is 6.07 Å². The van der Waals surface area contributed by atoms with Crippen molar-refractivity contribution in [2.24, 2.45) is 10.7 Å². The number of nitrogens with zero attached hydrogens (tertiary/aromatic N) is 4. The van der Waals surface area contributed by atoms with Gasteiger partial charge in [0.05, 0.1) is 13.0 Å². The third-order valence-corrected chi connectivity index (χ3v) is 3.09. The third kappa shape index (κ3) is 4.08. The van der Waals surface area contributed by atoms with E-state index in [4.69, 9.17) is 15.9 Å². The van der Waals surface area contributed by atoms with Gasteiger partial charge < -0.3 is 15.9 Å². The Balaban J connectivity index is 2.02. The summed E-state index contributed by atoms with van der Waals surface area (Å²) in [7, 11) is 1.50. The van der Waals surface area contributed by atoms with Gasteiger partial charge in [-0.05, 0) is 18.1 Å². The van der Waals surface area contributed by atoms with Crippen molar-refractivity contribution >= 4 is 12.1 Å². The monoisotopic (exact) mass is 298 g/mol. The van der Waals surface area contributed by atoms with E-state index in [-0.39, 0.29) is 6.01 Å². The zero-order valence-corrected chi connectivity index (χ0v) is 12.3. The summed E-state index contributed by atoms with van der Waals surface area (Å²) in [6.07, 6.45) is 8.69. The number of methoxy groups -OCH3 is 1. The highest BCUT2D eigenvalue weighted by molar-refractivity contribution is 6.00. The van der Waals surface area contributed by atoms with Crippen LogP contribution in [0.2, 0.25) is 0 Å². The lowest BCUT2D eigenvalue weighted by Crippen LogP contribution is -2.24. The fourth-order valence-electron chi connectivity index (χ4n) is 1.90. The van der Waals surface area contributed by atoms with Gasteiger partial charge >= 0.3 is 6.01 Å². The first-order chi connectivity index (χ1) is 10.7. The molecule has 1 unspecified atom stereocenters. The van der Waals surface area contributed by atoms with Crippen LogP contribution in [0.1, 0.15) is 17.0 Å². The van der Waals surface area contributed by atoms with Crippen LogP contribution in [0, 0.1) is 5.41 Å². The lowest BCUT2D eigenvalue weighted by molar-refractivity contribution is 0.379. The van der Waals surface area contributed by atoms with Gasteiger partial charge in [0, 0.05) is 43.1 Å². The van der Waals surface area contributed by atoms with Crippen LogP contribution in [0.15, 0.2) is 41.9 Å². The number of hydrogen-bond donors (Lipinski definition) is 2. The molecule has 3 N–H and O–H groups in total. The normalized spacial score (nSPS) is 12.7. The Morgan fingerprint density at radius 2 is 2.18 bits per heavy atom. The Bertz CT molecular complexity index is 626. The second-order valence-electron chi connectivity index (χ2n) is 4.57. The van der Waals surface area contributed by atoms with Gasteiger partial charge in [-0.2, -0.15) is 0 Å². The second-order valence-corrected chi connectivity index (χ2v) is 4.57. The Morgan fingerprint density at radius 1 is 1.41 bits per heavy atom. The fourth-order valence-corrected chi connectivity index (χ4v) is 1.90. The van der Waals surface area contributed by atoms with Gasteiger partial charge in [0.25, 0.3) is 0 Å². The molecule has 0 aliphatic rings. The lowest BCUT2D eigenvalue weighted by Gasteiger charge is -2.11. The Morgan fingerprint density at radius 3 is 2.77 bits per heavy atom. The van der Waals surface area contributed by atoms with Crippen molar-refractivity contribution in [3.8, 4) is 6.01 Å². The molecule has 0 spiro atoms. The van der Waals surface area contributed by atoms with E-state index in [1.807, 2.05) is 12.1 Å². The molecular weight excluding hydrogens is 280 g/mol. The van der Waals surface area contributed by atoms with Crippen molar-refractivity contribution in [3.05, 3.63) is 48.0 Å². The first-order valence-corrected chi connectivity index (χ1v) is 6.80. The van der Waals surface area contributed by atoms with Crippen molar-refractivity contribution in [2.75, 3.05) is 13.7 Å². The number of nitrogens with one attached hydrogen (secondary N) is 1. The third-order valence-electron chi connectivity index (χ3n) is 3.09. The molecule has 0 saturated carbocycles. The summed E-state index contributed by atoms with van der Waals surface area (Å²) in [4.78, 5) is 16.4. The molecule has 2 heterocycles. The highest BCUT2D eigenvalue weighted by Gasteiger charge is 2.14. The van der Waals surface area contributed by atoms with E-state index in [9.17, 15) is 0 Å². The number of amidine groups is 1. The minimum absolute atomic E-state index is 0.277. The van der Waals surface area contributed by atoms with Crippen LogP contribution in [-0.4, -0.2) is 40.7 Å². The summed E-state index contributed by atoms with van der Waals surface area (Å²) >= 11 is 0. The Hall–Kier alpha value is -2.83. The summed E-state index contributed by atoms with van der Waals surface area (Å²) in [6, 6.07) is 4.15. The maximum absolute atomic E-state index is 7.54. The summed E-state index contributed by atoms with van der Waals surface area (Å²) in [5, 5.41) is 7.54. The average molecular weight is 298 g/mol. The highest BCUT2D eigenvalue weighted by atomic mass is 16.5. The molecule has 0 bridgehead atoms. The maximum atomic E-state index is 7.54. The van der Waals surface area contributed by atoms with Gasteiger partial charge in [-0.3, -0.25) is 9.98 Å². The summed E-state index contributed by atoms with van der Waals surface area (Å²) in [5.41, 5.74) is 7.79. The summed E-state index contributed by atoms with van der Waals surface area (Å²) in [5.74, 6) is -0.0625. The Labute approximate surface area is 128 Å². The molecule has 0 saturated heterocycles. The standard InChI is InChI=1S/C15H18N6O/c1-22-15-20-9-12(10-21-15)13(7-16)14(17)19-6-4-11-3-2-5-18-8-11/h2-3,5,7-10,13,16H,4,6H2,1H3,(H2,17,19). The molecule has 2 rings (SSSR count). The van der Waals surface area contributed by atoms with Crippen LogP contribution >= 0.6 is 0 Å². The summed E-state index contributed by atoms with van der Waals surface area (Å²) < 4.78 is 4.91. The van der Waals surface area contributed by atoms with Gasteiger partial charge in [0.2, 0.25) is 0 Å². The van der Waals surface area contributed by atoms with Gasteiger partial charge in [0.1, 0.15) is 5.84 Å². The lowest BCUT2D eigenvalue weighted by atomic mass is 10.0. The number of aliphatic imine (C=N–C) groups is 1. The van der Waals surface area contributed by atoms with E-state index in [0.29, 0.717) is 17.9 Å². The Kier molecular flexibility index (Phi) is 5.53. The number of ether oxygens (including phenoxy) is 1. The van der Waals surface area contributed by atoms with Crippen LogP contribution in [-0.2, 0) is 6.42 Å². The van der Waals surface area contributed by atoms with Crippen molar-refractivity contribution in [2.45, 2.75) is 12.3 Å². The predicted octanol–water partition coefficient (Wildman–Crippen LogP) is 1.21. The van der Waals surface area contributed by atoms with Crippen molar-refractivity contribution in [1.82, 2.24) is 15.0 Å². The molecule has 1 atom stereocenters. The molecule has 2 aromatic rings. The smallest absolute Gasteiger partial charge is 0.316 e. The minimum atomic E-state index is -0.431. The van der Waals surface area contributed by atoms with Crippen LogP contribution in [0.3, 0.4) is 0 Å². The van der Waals surface area contributed by atoms with E-state index in [2.05, 4.69) is 19.9 Å². The van der Waals surface area contributed by atoms with E-state index >= 15 is 0 Å². The molecule has 7 nitrogen and oxygen atoms in total. The van der Waals surface area contributed by atoms with Crippen molar-refractivity contribution < 1.29 is 4.74 Å². The molecule has 2 aromatic heterocycles. The van der Waals surface area contributed by atoms with Gasteiger partial charge in [-0.25, -0.2) is 9.97 Å². The minimum Gasteiger partial charge on any atom is -0.467 e. The van der Waals surface area contributed by atoms with Crippen molar-refractivity contribution in [1.29, 1.82) is 5.41 Å². The molecule has 0 aromatic carbocycles. The quantitative estimate of drug-likeness (QED) is 0.589. The first kappa shape index (κ1) is 15.6. The average Bonchev–Trinajstić information content (AvgIpc) is 2.57. The molecule has 0 aliphatic carbocycles. The van der Waals surface area contributed by atoms with Gasteiger partial charge in [0.15, 0.2) is 0 Å². The molecule has 0 fully saturated rings. The largest absolute Gasteiger partial charge is 0.467 e. The van der Waals surface area contributed by atoms with Crippen LogP contribution in [0.4, 0.5) is 0 Å². The number of hydrogen-bond acceptors (Lipinski definition) is 6.